The fourth-order valence-electron chi connectivity index (χ4n) is 11.2. The van der Waals surface area contributed by atoms with Gasteiger partial charge in [-0.3, -0.25) is 14.4 Å². The van der Waals surface area contributed by atoms with Gasteiger partial charge in [0.25, 0.3) is 0 Å². The molecule has 3 saturated heterocycles. The van der Waals surface area contributed by atoms with Crippen LogP contribution in [0.3, 0.4) is 0 Å². The summed E-state index contributed by atoms with van der Waals surface area (Å²) in [5, 5.41) is 66.4. The average molecular weight is 1080 g/mol. The number of nitrogens with zero attached hydrogens (tertiary/aromatic N) is 1. The third-order valence-electron chi connectivity index (χ3n) is 16.1. The van der Waals surface area contributed by atoms with Gasteiger partial charge in [-0.15, -0.1) is 0 Å². The normalized spacial score (nSPS) is 39.5. The summed E-state index contributed by atoms with van der Waals surface area (Å²) in [7, 11) is -0.229. The molecule has 0 aromatic heterocycles. The first-order valence-corrected chi connectivity index (χ1v) is 28.2. The number of sulfone groups is 1. The van der Waals surface area contributed by atoms with Crippen molar-refractivity contribution in [3.05, 3.63) is 29.8 Å². The molecule has 19 nitrogen and oxygen atoms in total. The Morgan fingerprint density at radius 3 is 2.16 bits per heavy atom. The summed E-state index contributed by atoms with van der Waals surface area (Å²) in [6.07, 6.45) is -8.86. The predicted octanol–water partition coefficient (Wildman–Crippen LogP) is 3.02. The molecule has 3 aliphatic rings. The van der Waals surface area contributed by atoms with E-state index in [0.717, 1.165) is 12.7 Å². The molecule has 4 rings (SSSR count). The number of rotatable bonds is 19. The Morgan fingerprint density at radius 2 is 1.59 bits per heavy atom. The number of likely N-dealkylation sites (N-methyl/N-ethyl adjacent to an activating group) is 1. The van der Waals surface area contributed by atoms with Crippen molar-refractivity contribution in [2.75, 3.05) is 46.7 Å². The molecule has 3 fully saturated rings. The highest BCUT2D eigenvalue weighted by atomic mass is 32.2. The first-order chi connectivity index (χ1) is 34.3. The minimum Gasteiger partial charge on any atom is -0.459 e. The number of ether oxygens (including phenoxy) is 6. The van der Waals surface area contributed by atoms with Crippen molar-refractivity contribution >= 4 is 27.5 Å². The zero-order valence-corrected chi connectivity index (χ0v) is 47.0. The van der Waals surface area contributed by atoms with E-state index in [0.29, 0.717) is 18.5 Å². The minimum absolute atomic E-state index is 0.0174. The average Bonchev–Trinajstić information content (AvgIpc) is 3.33. The molecule has 7 N–H and O–H groups in total. The van der Waals surface area contributed by atoms with Gasteiger partial charge in [-0.25, -0.2) is 12.8 Å². The first-order valence-electron chi connectivity index (χ1n) is 26.3. The summed E-state index contributed by atoms with van der Waals surface area (Å²) in [6, 6.07) is 4.48. The molecule has 1 amide bonds. The SMILES string of the molecule is CCCNCC1(O)[C@H](C)OC(O[C@H]2[C@H](C)[C@@H](O[C@@H]3O[C@H](C)C[C@H](N(C)CCC(=O)N[C@H](CF)Cc4ccc(S(C)(=O)=O)cc4)[C@H]3O)C(C)(O)C[C@@H](C)C(=O)[C@H](C)[C@@H](O)C(C)(O)[C@@H](CC)OC(=O)[C@@H]2C)CC1(C)OC. The van der Waals surface area contributed by atoms with Gasteiger partial charge in [0.05, 0.1) is 53.0 Å². The van der Waals surface area contributed by atoms with Crippen LogP contribution in [-0.4, -0.2) is 193 Å². The van der Waals surface area contributed by atoms with E-state index in [1.54, 1.807) is 72.5 Å². The fraction of sp³-hybridized carbons (Fsp3) is 0.830. The highest BCUT2D eigenvalue weighted by Crippen LogP contribution is 2.44. The Hall–Kier alpha value is -2.77. The van der Waals surface area contributed by atoms with Crippen LogP contribution in [0.15, 0.2) is 29.2 Å². The van der Waals surface area contributed by atoms with Crippen molar-refractivity contribution in [3.8, 4) is 0 Å². The first kappa shape index (κ1) is 63.8. The van der Waals surface area contributed by atoms with E-state index in [1.807, 2.05) is 6.92 Å². The Kier molecular flexibility index (Phi) is 22.6. The van der Waals surface area contributed by atoms with Crippen LogP contribution in [-0.2, 0) is 59.1 Å². The Balaban J connectivity index is 1.68. The smallest absolute Gasteiger partial charge is 0.311 e. The molecule has 0 radical (unpaired) electrons. The van der Waals surface area contributed by atoms with Crippen LogP contribution in [0.4, 0.5) is 4.39 Å². The van der Waals surface area contributed by atoms with Crippen LogP contribution < -0.4 is 10.6 Å². The number of aliphatic hydroxyl groups is 5. The number of ketones is 1. The number of aliphatic hydroxyl groups excluding tert-OH is 2. The number of methoxy groups -OCH3 is 1. The second-order valence-corrected chi connectivity index (χ2v) is 24.3. The van der Waals surface area contributed by atoms with Crippen LogP contribution in [0, 0.1) is 23.7 Å². The number of cyclic esters (lactones) is 1. The Morgan fingerprint density at radius 1 is 0.959 bits per heavy atom. The van der Waals surface area contributed by atoms with Crippen molar-refractivity contribution in [2.45, 2.75) is 216 Å². The van der Waals surface area contributed by atoms with Crippen LogP contribution in [0.1, 0.15) is 120 Å². The lowest BCUT2D eigenvalue weighted by molar-refractivity contribution is -0.336. The molecular weight excluding hydrogens is 986 g/mol. The molecule has 21 heteroatoms. The number of hydrogen-bond donors (Lipinski definition) is 7. The second-order valence-electron chi connectivity index (χ2n) is 22.3. The van der Waals surface area contributed by atoms with Crippen molar-refractivity contribution in [2.24, 2.45) is 23.7 Å². The minimum atomic E-state index is -3.42. The standard InChI is InChI=1S/C53H90FN3O16S/c1-15-22-55-29-53(65)35(8)70-42(27-51(53,10)68-13)72-45-33(6)47(50(9,63)26-30(3)43(59)32(5)46(61)52(11,64)40(16-2)71-48(62)34(45)7)73-49-44(60)39(24-31(4)69-49)57(12)23-21-41(58)56-37(28-54)25-36-17-19-38(20-18-36)74(14,66)67/h17-20,30-35,37,39-40,42,44-47,49,55,60-61,63-65H,15-16,21-29H2,1-14H3,(H,56,58)/t30-,31-,32+,33+,34-,35+,37+,39+,40-,42?,44-,45+,46-,47-,49+,50?,51?,52?,53?/m1/s1. The molecule has 0 aliphatic carbocycles. The van der Waals surface area contributed by atoms with Crippen molar-refractivity contribution in [1.29, 1.82) is 0 Å². The van der Waals surface area contributed by atoms with E-state index in [1.165, 1.54) is 40.0 Å². The molecule has 0 spiro atoms. The largest absolute Gasteiger partial charge is 0.459 e. The lowest BCUT2D eigenvalue weighted by Crippen LogP contribution is -2.70. The zero-order valence-electron chi connectivity index (χ0n) is 46.2. The van der Waals surface area contributed by atoms with E-state index in [4.69, 9.17) is 28.4 Å². The van der Waals surface area contributed by atoms with E-state index in [9.17, 15) is 52.7 Å². The third-order valence-corrected chi connectivity index (χ3v) is 17.2. The highest BCUT2D eigenvalue weighted by molar-refractivity contribution is 7.90. The van der Waals surface area contributed by atoms with Gasteiger partial charge >= 0.3 is 5.97 Å². The van der Waals surface area contributed by atoms with E-state index >= 15 is 0 Å². The lowest BCUT2D eigenvalue weighted by atomic mass is 9.73. The number of halogens is 1. The van der Waals surface area contributed by atoms with Crippen molar-refractivity contribution in [1.82, 2.24) is 15.5 Å². The van der Waals surface area contributed by atoms with E-state index in [2.05, 4.69) is 10.6 Å². The van der Waals surface area contributed by atoms with E-state index < -0.39 is 148 Å². The number of alkyl halides is 1. The van der Waals surface area contributed by atoms with Gasteiger partial charge in [0.2, 0.25) is 5.91 Å². The van der Waals surface area contributed by atoms with Gasteiger partial charge in [-0.2, -0.15) is 0 Å². The number of nitrogens with one attached hydrogen (secondary N) is 2. The summed E-state index contributed by atoms with van der Waals surface area (Å²) >= 11 is 0. The number of benzene rings is 1. The van der Waals surface area contributed by atoms with Crippen molar-refractivity contribution < 1.29 is 81.1 Å². The Bertz CT molecular complexity index is 2100. The highest BCUT2D eigenvalue weighted by Gasteiger charge is 2.59. The molecule has 5 unspecified atom stereocenters. The van der Waals surface area contributed by atoms with Gasteiger partial charge in [-0.05, 0) is 105 Å². The fourth-order valence-corrected chi connectivity index (χ4v) is 11.9. The monoisotopic (exact) mass is 1080 g/mol. The number of carbonyl (C=O) groups excluding carboxylic acids is 3. The lowest BCUT2D eigenvalue weighted by Gasteiger charge is -2.53. The zero-order chi connectivity index (χ0) is 55.9. The number of Topliss-reactive ketones (excluding diaryl/α,β-unsaturated/α-hetero) is 1. The van der Waals surface area contributed by atoms with Crippen molar-refractivity contribution in [3.63, 3.8) is 0 Å². The maximum atomic E-state index is 14.5. The predicted molar refractivity (Wildman–Crippen MR) is 273 cm³/mol. The third kappa shape index (κ3) is 15.1. The van der Waals surface area contributed by atoms with Crippen LogP contribution in [0.5, 0.6) is 0 Å². The molecule has 426 valence electrons. The molecule has 1 aromatic rings. The molecule has 19 atom stereocenters. The molecule has 0 bridgehead atoms. The molecular formula is C53H90FN3O16S. The van der Waals surface area contributed by atoms with Gasteiger partial charge < -0.3 is 69.5 Å². The van der Waals surface area contributed by atoms with E-state index in [-0.39, 0.29) is 50.1 Å². The molecule has 1 aromatic carbocycles. The quantitative estimate of drug-likeness (QED) is 0.0775. The topological polar surface area (TPSA) is 269 Å². The number of amides is 1. The van der Waals surface area contributed by atoms with Gasteiger partial charge in [-0.1, -0.05) is 46.8 Å². The summed E-state index contributed by atoms with van der Waals surface area (Å²) in [4.78, 5) is 43.8. The maximum absolute atomic E-state index is 14.5. The summed E-state index contributed by atoms with van der Waals surface area (Å²) in [6.45, 7) is 18.0. The molecule has 3 aliphatic heterocycles. The number of hydrogen-bond acceptors (Lipinski definition) is 18. The van der Waals surface area contributed by atoms with Gasteiger partial charge in [0.15, 0.2) is 22.4 Å². The molecule has 3 heterocycles. The second kappa shape index (κ2) is 26.3. The van der Waals surface area contributed by atoms with Gasteiger partial charge in [0, 0.05) is 63.1 Å². The van der Waals surface area contributed by atoms with Crippen LogP contribution in [0.25, 0.3) is 0 Å². The summed E-state index contributed by atoms with van der Waals surface area (Å²) in [5.41, 5.74) is -6.17. The number of esters is 1. The summed E-state index contributed by atoms with van der Waals surface area (Å²) in [5.74, 6) is -6.06. The van der Waals surface area contributed by atoms with Crippen LogP contribution in [0.2, 0.25) is 0 Å². The van der Waals surface area contributed by atoms with Gasteiger partial charge in [0.1, 0.15) is 41.5 Å². The molecule has 74 heavy (non-hydrogen) atoms. The maximum Gasteiger partial charge on any atom is 0.311 e. The van der Waals surface area contributed by atoms with Crippen LogP contribution >= 0.6 is 0 Å². The summed E-state index contributed by atoms with van der Waals surface area (Å²) < 4.78 is 76.4. The molecule has 0 saturated carbocycles. The Labute approximate surface area is 438 Å². The number of carbonyl (C=O) groups is 3.